The number of aromatic nitrogens is 1. The molecule has 2 saturated heterocycles. The summed E-state index contributed by atoms with van der Waals surface area (Å²) in [5.74, 6) is 1.32. The lowest BCUT2D eigenvalue weighted by Crippen LogP contribution is -2.38. The third-order valence-corrected chi connectivity index (χ3v) is 4.58. The van der Waals surface area contributed by atoms with E-state index >= 15 is 0 Å². The minimum absolute atomic E-state index is 0.103. The number of nitrogens with one attached hydrogen (secondary N) is 1. The van der Waals surface area contributed by atoms with Crippen molar-refractivity contribution >= 4 is 21.8 Å². The summed E-state index contributed by atoms with van der Waals surface area (Å²) in [7, 11) is 0. The third-order valence-electron chi connectivity index (χ3n) is 4.15. The van der Waals surface area contributed by atoms with Crippen LogP contribution in [0.5, 0.6) is 0 Å². The van der Waals surface area contributed by atoms with Gasteiger partial charge in [0.15, 0.2) is 0 Å². The Morgan fingerprint density at radius 2 is 2.33 bits per heavy atom. The fraction of sp³-hybridized carbons (Fsp3) is 0.538. The van der Waals surface area contributed by atoms with Crippen LogP contribution < -0.4 is 5.32 Å². The zero-order valence-electron chi connectivity index (χ0n) is 10.3. The summed E-state index contributed by atoms with van der Waals surface area (Å²) in [6.45, 7) is 5.09. The number of carbonyl (C=O) groups excluding carboxylic acids is 1. The van der Waals surface area contributed by atoms with Crippen molar-refractivity contribution in [2.75, 3.05) is 19.6 Å². The lowest BCUT2D eigenvalue weighted by molar-refractivity contribution is 0.0728. The van der Waals surface area contributed by atoms with E-state index in [-0.39, 0.29) is 5.91 Å². The van der Waals surface area contributed by atoms with E-state index in [0.717, 1.165) is 24.1 Å². The lowest BCUT2D eigenvalue weighted by Gasteiger charge is -2.24. The van der Waals surface area contributed by atoms with Gasteiger partial charge in [-0.05, 0) is 40.8 Å². The average Bonchev–Trinajstić information content (AvgIpc) is 2.92. The Morgan fingerprint density at radius 1 is 1.50 bits per heavy atom. The van der Waals surface area contributed by atoms with Crippen LogP contribution in [0.2, 0.25) is 0 Å². The third kappa shape index (κ3) is 1.95. The molecule has 5 heteroatoms. The van der Waals surface area contributed by atoms with Crippen molar-refractivity contribution in [3.63, 3.8) is 0 Å². The van der Waals surface area contributed by atoms with E-state index < -0.39 is 0 Å². The van der Waals surface area contributed by atoms with Gasteiger partial charge in [-0.1, -0.05) is 0 Å². The molecule has 0 aliphatic carbocycles. The van der Waals surface area contributed by atoms with E-state index in [1.165, 1.54) is 0 Å². The number of fused-ring (bicyclic) bond motifs is 1. The van der Waals surface area contributed by atoms with Gasteiger partial charge in [0.05, 0.1) is 5.56 Å². The Kier molecular flexibility index (Phi) is 3.11. The highest BCUT2D eigenvalue weighted by molar-refractivity contribution is 9.10. The molecular formula is C13H16BrN3O. The smallest absolute Gasteiger partial charge is 0.255 e. The highest BCUT2D eigenvalue weighted by atomic mass is 79.9. The first-order valence-electron chi connectivity index (χ1n) is 6.29. The van der Waals surface area contributed by atoms with Crippen LogP contribution >= 0.6 is 15.9 Å². The first-order valence-corrected chi connectivity index (χ1v) is 7.08. The van der Waals surface area contributed by atoms with Crippen molar-refractivity contribution in [1.29, 1.82) is 0 Å². The van der Waals surface area contributed by atoms with Gasteiger partial charge in [-0.3, -0.25) is 9.78 Å². The van der Waals surface area contributed by atoms with Gasteiger partial charge in [-0.25, -0.2) is 0 Å². The topological polar surface area (TPSA) is 45.2 Å². The van der Waals surface area contributed by atoms with E-state index in [1.54, 1.807) is 12.4 Å². The SMILES string of the molecule is CC1C2CNCC2CN1C(=O)c1cncc(Br)c1. The molecule has 2 aliphatic rings. The molecule has 0 aromatic carbocycles. The predicted molar refractivity (Wildman–Crippen MR) is 72.3 cm³/mol. The molecule has 3 rings (SSSR count). The maximum atomic E-state index is 12.5. The molecule has 1 amide bonds. The number of rotatable bonds is 1. The lowest BCUT2D eigenvalue weighted by atomic mass is 9.95. The molecule has 3 unspecified atom stereocenters. The molecule has 1 aromatic rings. The van der Waals surface area contributed by atoms with Crippen LogP contribution in [0.1, 0.15) is 17.3 Å². The normalized spacial score (nSPS) is 30.6. The molecule has 0 spiro atoms. The first-order chi connectivity index (χ1) is 8.66. The maximum absolute atomic E-state index is 12.5. The molecule has 1 aromatic heterocycles. The van der Waals surface area contributed by atoms with Crippen LogP contribution in [0.4, 0.5) is 0 Å². The number of hydrogen-bond donors (Lipinski definition) is 1. The highest BCUT2D eigenvalue weighted by Gasteiger charge is 2.43. The maximum Gasteiger partial charge on any atom is 0.255 e. The highest BCUT2D eigenvalue weighted by Crippen LogP contribution is 2.33. The van der Waals surface area contributed by atoms with Gasteiger partial charge in [0.25, 0.3) is 5.91 Å². The van der Waals surface area contributed by atoms with Crippen LogP contribution in [0, 0.1) is 11.8 Å². The fourth-order valence-electron chi connectivity index (χ4n) is 3.13. The van der Waals surface area contributed by atoms with Crippen molar-refractivity contribution < 1.29 is 4.79 Å². The minimum atomic E-state index is 0.103. The van der Waals surface area contributed by atoms with E-state index in [9.17, 15) is 4.79 Å². The molecule has 0 bridgehead atoms. The number of amides is 1. The van der Waals surface area contributed by atoms with Crippen LogP contribution in [0.3, 0.4) is 0 Å². The Labute approximate surface area is 115 Å². The summed E-state index contributed by atoms with van der Waals surface area (Å²) in [6, 6.07) is 2.16. The molecule has 1 N–H and O–H groups in total. The van der Waals surface area contributed by atoms with E-state index in [2.05, 4.69) is 33.2 Å². The molecule has 4 nitrogen and oxygen atoms in total. The van der Waals surface area contributed by atoms with E-state index in [4.69, 9.17) is 0 Å². The number of halogens is 1. The number of pyridine rings is 1. The summed E-state index contributed by atoms with van der Waals surface area (Å²) < 4.78 is 0.849. The molecule has 0 radical (unpaired) electrons. The summed E-state index contributed by atoms with van der Waals surface area (Å²) in [5, 5.41) is 3.41. The molecule has 3 heterocycles. The first kappa shape index (κ1) is 12.1. The average molecular weight is 310 g/mol. The zero-order valence-corrected chi connectivity index (χ0v) is 11.9. The summed E-state index contributed by atoms with van der Waals surface area (Å²) in [4.78, 5) is 18.6. The van der Waals surface area contributed by atoms with Gasteiger partial charge in [-0.15, -0.1) is 0 Å². The standard InChI is InChI=1S/C13H16BrN3O/c1-8-12-6-16-4-10(12)7-17(8)13(18)9-2-11(14)5-15-3-9/h2-3,5,8,10,12,16H,4,6-7H2,1H3. The fourth-order valence-corrected chi connectivity index (χ4v) is 3.50. The van der Waals surface area contributed by atoms with Crippen molar-refractivity contribution in [2.24, 2.45) is 11.8 Å². The molecule has 18 heavy (non-hydrogen) atoms. The van der Waals surface area contributed by atoms with E-state index in [0.29, 0.717) is 23.4 Å². The monoisotopic (exact) mass is 309 g/mol. The minimum Gasteiger partial charge on any atom is -0.335 e. The van der Waals surface area contributed by atoms with Crippen molar-refractivity contribution in [3.05, 3.63) is 28.5 Å². The molecule has 96 valence electrons. The van der Waals surface area contributed by atoms with Gasteiger partial charge in [-0.2, -0.15) is 0 Å². The predicted octanol–water partition coefficient (Wildman–Crippen LogP) is 1.52. The summed E-state index contributed by atoms with van der Waals surface area (Å²) in [6.07, 6.45) is 3.34. The summed E-state index contributed by atoms with van der Waals surface area (Å²) in [5.41, 5.74) is 0.671. The van der Waals surface area contributed by atoms with Crippen molar-refractivity contribution in [3.8, 4) is 0 Å². The number of nitrogens with zero attached hydrogens (tertiary/aromatic N) is 2. The zero-order chi connectivity index (χ0) is 12.7. The molecule has 0 saturated carbocycles. The molecule has 2 fully saturated rings. The Bertz CT molecular complexity index is 479. The van der Waals surface area contributed by atoms with Crippen molar-refractivity contribution in [1.82, 2.24) is 15.2 Å². The van der Waals surface area contributed by atoms with Gasteiger partial charge < -0.3 is 10.2 Å². The molecular weight excluding hydrogens is 294 g/mol. The summed E-state index contributed by atoms with van der Waals surface area (Å²) >= 11 is 3.36. The molecule has 3 atom stereocenters. The van der Waals surface area contributed by atoms with Gasteiger partial charge in [0, 0.05) is 42.5 Å². The Morgan fingerprint density at radius 3 is 3.06 bits per heavy atom. The second-order valence-electron chi connectivity index (χ2n) is 5.17. The number of hydrogen-bond acceptors (Lipinski definition) is 3. The van der Waals surface area contributed by atoms with Gasteiger partial charge in [0.1, 0.15) is 0 Å². The van der Waals surface area contributed by atoms with Crippen LogP contribution in [-0.2, 0) is 0 Å². The van der Waals surface area contributed by atoms with Crippen LogP contribution in [0.15, 0.2) is 22.9 Å². The Balaban J connectivity index is 1.81. The number of carbonyl (C=O) groups is 1. The van der Waals surface area contributed by atoms with Crippen molar-refractivity contribution in [2.45, 2.75) is 13.0 Å². The second kappa shape index (κ2) is 4.63. The van der Waals surface area contributed by atoms with Crippen LogP contribution in [0.25, 0.3) is 0 Å². The quantitative estimate of drug-likeness (QED) is 0.855. The van der Waals surface area contributed by atoms with Gasteiger partial charge >= 0.3 is 0 Å². The Hall–Kier alpha value is -0.940. The molecule has 2 aliphatic heterocycles. The number of likely N-dealkylation sites (tertiary alicyclic amines) is 1. The van der Waals surface area contributed by atoms with E-state index in [1.807, 2.05) is 11.0 Å². The van der Waals surface area contributed by atoms with Gasteiger partial charge in [0.2, 0.25) is 0 Å². The van der Waals surface area contributed by atoms with Crippen LogP contribution in [-0.4, -0.2) is 41.5 Å². The largest absolute Gasteiger partial charge is 0.335 e. The second-order valence-corrected chi connectivity index (χ2v) is 6.09.